The number of hydrogen-bond acceptors (Lipinski definition) is 2. The van der Waals surface area contributed by atoms with E-state index in [0.29, 0.717) is 0 Å². The molecule has 34 valence electrons. The van der Waals surface area contributed by atoms with Crippen LogP contribution in [0.15, 0.2) is 12.7 Å². The quantitative estimate of drug-likeness (QED) is 0.375. The third-order valence-corrected chi connectivity index (χ3v) is 0.731. The van der Waals surface area contributed by atoms with E-state index in [1.807, 2.05) is 6.08 Å². The fourth-order valence-corrected chi connectivity index (χ4v) is 0.335. The molecule has 1 saturated heterocycles. The Balaban J connectivity index is 2.00. The maximum absolute atomic E-state index is 3.56. The average molecular weight is 84.1 g/mol. The van der Waals surface area contributed by atoms with Crippen molar-refractivity contribution in [1.82, 2.24) is 10.4 Å². The average Bonchev–Trinajstić information content (AvgIpc) is 2.21. The van der Waals surface area contributed by atoms with E-state index in [9.17, 15) is 0 Å². The van der Waals surface area contributed by atoms with Crippen LogP contribution in [0.25, 0.3) is 0 Å². The maximum Gasteiger partial charge on any atom is 0.0758 e. The van der Waals surface area contributed by atoms with Crippen LogP contribution in [-0.2, 0) is 0 Å². The molecule has 2 nitrogen and oxygen atoms in total. The van der Waals surface area contributed by atoms with E-state index in [1.165, 1.54) is 0 Å². The number of hydrogen-bond donors (Lipinski definition) is 1. The zero-order chi connectivity index (χ0) is 4.41. The normalized spacial score (nSPS) is 29.7. The fraction of sp³-hybridized carbons (Fsp3) is 0.500. The highest BCUT2D eigenvalue weighted by Crippen LogP contribution is 1.90. The molecule has 1 aliphatic heterocycles. The molecular weight excluding hydrogens is 76.1 g/mol. The number of rotatable bonds is 2. The minimum atomic E-state index is 0.972. The monoisotopic (exact) mass is 84.1 g/mol. The van der Waals surface area contributed by atoms with Crippen molar-refractivity contribution in [1.29, 1.82) is 0 Å². The Bertz CT molecular complexity index is 56.6. The summed E-state index contributed by atoms with van der Waals surface area (Å²) in [6.45, 7) is 5.57. The molecule has 0 saturated carbocycles. The molecule has 1 aliphatic rings. The van der Waals surface area contributed by atoms with Crippen LogP contribution in [0.1, 0.15) is 0 Å². The second kappa shape index (κ2) is 1.41. The third kappa shape index (κ3) is 0.808. The molecule has 0 amide bonds. The molecule has 0 aliphatic carbocycles. The molecule has 2 heteroatoms. The van der Waals surface area contributed by atoms with Crippen LogP contribution in [0.4, 0.5) is 0 Å². The van der Waals surface area contributed by atoms with Gasteiger partial charge in [0.05, 0.1) is 6.67 Å². The van der Waals surface area contributed by atoms with Gasteiger partial charge >= 0.3 is 0 Å². The van der Waals surface area contributed by atoms with Gasteiger partial charge in [-0.15, -0.1) is 6.58 Å². The van der Waals surface area contributed by atoms with Crippen molar-refractivity contribution in [2.75, 3.05) is 13.2 Å². The molecule has 1 N–H and O–H groups in total. The van der Waals surface area contributed by atoms with Gasteiger partial charge in [-0.25, -0.2) is 10.4 Å². The first kappa shape index (κ1) is 3.84. The Morgan fingerprint density at radius 3 is 2.83 bits per heavy atom. The predicted octanol–water partition coefficient (Wildman–Crippen LogP) is -0.0499. The second-order valence-corrected chi connectivity index (χ2v) is 1.33. The van der Waals surface area contributed by atoms with E-state index >= 15 is 0 Å². The topological polar surface area (TPSA) is 25.0 Å². The Labute approximate surface area is 37.4 Å². The van der Waals surface area contributed by atoms with Gasteiger partial charge in [0, 0.05) is 6.54 Å². The van der Waals surface area contributed by atoms with E-state index < -0.39 is 0 Å². The minimum absolute atomic E-state index is 0.972. The van der Waals surface area contributed by atoms with E-state index in [1.54, 1.807) is 0 Å². The van der Waals surface area contributed by atoms with Crippen molar-refractivity contribution in [3.8, 4) is 0 Å². The Hall–Kier alpha value is -0.340. The molecule has 0 spiro atoms. The molecule has 0 radical (unpaired) electrons. The van der Waals surface area contributed by atoms with Crippen LogP contribution in [0.2, 0.25) is 0 Å². The first-order chi connectivity index (χ1) is 2.93. The van der Waals surface area contributed by atoms with Gasteiger partial charge in [-0.3, -0.25) is 0 Å². The van der Waals surface area contributed by atoms with Crippen LogP contribution >= 0.6 is 0 Å². The number of nitrogens with zero attached hydrogens (tertiary/aromatic N) is 1. The number of hydrazine groups is 1. The maximum atomic E-state index is 3.56. The van der Waals surface area contributed by atoms with Crippen molar-refractivity contribution < 1.29 is 0 Å². The Kier molecular flexibility index (Phi) is 0.900. The van der Waals surface area contributed by atoms with Gasteiger partial charge in [0.25, 0.3) is 0 Å². The highest BCUT2D eigenvalue weighted by Gasteiger charge is 2.11. The molecular formula is C4H8N2. The minimum Gasteiger partial charge on any atom is -0.238 e. The van der Waals surface area contributed by atoms with Gasteiger partial charge in [0.2, 0.25) is 0 Å². The van der Waals surface area contributed by atoms with E-state index in [2.05, 4.69) is 17.0 Å². The molecule has 0 aromatic heterocycles. The van der Waals surface area contributed by atoms with Crippen molar-refractivity contribution in [3.63, 3.8) is 0 Å². The summed E-state index contributed by atoms with van der Waals surface area (Å²) in [6.07, 6.45) is 1.88. The first-order valence-corrected chi connectivity index (χ1v) is 2.03. The summed E-state index contributed by atoms with van der Waals surface area (Å²) in [7, 11) is 0. The Morgan fingerprint density at radius 1 is 2.00 bits per heavy atom. The lowest BCUT2D eigenvalue weighted by atomic mass is 10.6. The zero-order valence-electron chi connectivity index (χ0n) is 3.65. The van der Waals surface area contributed by atoms with Crippen molar-refractivity contribution in [2.24, 2.45) is 0 Å². The van der Waals surface area contributed by atoms with Crippen LogP contribution in [0, 0.1) is 0 Å². The standard InChI is InChI=1S/C4H8N2/c1-2-3-6-4-5-6/h2,5H,1,3-4H2. The molecule has 0 aromatic carbocycles. The third-order valence-electron chi connectivity index (χ3n) is 0.731. The van der Waals surface area contributed by atoms with E-state index in [0.717, 1.165) is 13.2 Å². The second-order valence-electron chi connectivity index (χ2n) is 1.33. The van der Waals surface area contributed by atoms with Crippen molar-refractivity contribution in [2.45, 2.75) is 0 Å². The van der Waals surface area contributed by atoms with Gasteiger partial charge in [0.1, 0.15) is 0 Å². The molecule has 6 heavy (non-hydrogen) atoms. The summed E-state index contributed by atoms with van der Waals surface area (Å²) >= 11 is 0. The summed E-state index contributed by atoms with van der Waals surface area (Å²) in [4.78, 5) is 0. The molecule has 1 heterocycles. The van der Waals surface area contributed by atoms with Crippen LogP contribution in [0.5, 0.6) is 0 Å². The molecule has 1 atom stereocenters. The summed E-state index contributed by atoms with van der Waals surface area (Å²) < 4.78 is 0. The largest absolute Gasteiger partial charge is 0.238 e. The van der Waals surface area contributed by atoms with Gasteiger partial charge in [-0.2, -0.15) is 0 Å². The van der Waals surface area contributed by atoms with Crippen LogP contribution in [-0.4, -0.2) is 18.2 Å². The summed E-state index contributed by atoms with van der Waals surface area (Å²) in [5.74, 6) is 0. The lowest BCUT2D eigenvalue weighted by molar-refractivity contribution is 0.574. The summed E-state index contributed by atoms with van der Waals surface area (Å²) in [6, 6.07) is 0. The zero-order valence-corrected chi connectivity index (χ0v) is 3.65. The summed E-state index contributed by atoms with van der Waals surface area (Å²) in [5.41, 5.74) is 3.00. The molecule has 1 rings (SSSR count). The lowest BCUT2D eigenvalue weighted by Crippen LogP contribution is -1.97. The lowest BCUT2D eigenvalue weighted by Gasteiger charge is -1.82. The summed E-state index contributed by atoms with van der Waals surface area (Å²) in [5, 5.41) is 2.06. The molecule has 0 bridgehead atoms. The Morgan fingerprint density at radius 2 is 2.67 bits per heavy atom. The predicted molar refractivity (Wildman–Crippen MR) is 24.9 cm³/mol. The fourth-order valence-electron chi connectivity index (χ4n) is 0.335. The van der Waals surface area contributed by atoms with Gasteiger partial charge in [-0.05, 0) is 0 Å². The van der Waals surface area contributed by atoms with Crippen LogP contribution < -0.4 is 5.43 Å². The molecule has 0 aromatic rings. The van der Waals surface area contributed by atoms with E-state index in [-0.39, 0.29) is 0 Å². The van der Waals surface area contributed by atoms with Gasteiger partial charge in [-0.1, -0.05) is 6.08 Å². The molecule has 1 unspecified atom stereocenters. The SMILES string of the molecule is C=CCN1CN1. The van der Waals surface area contributed by atoms with Crippen molar-refractivity contribution >= 4 is 0 Å². The smallest absolute Gasteiger partial charge is 0.0758 e. The van der Waals surface area contributed by atoms with Gasteiger partial charge < -0.3 is 0 Å². The highest BCUT2D eigenvalue weighted by atomic mass is 15.7. The number of nitrogens with one attached hydrogen (secondary N) is 1. The first-order valence-electron chi connectivity index (χ1n) is 2.03. The van der Waals surface area contributed by atoms with Gasteiger partial charge in [0.15, 0.2) is 0 Å². The van der Waals surface area contributed by atoms with Crippen molar-refractivity contribution in [3.05, 3.63) is 12.7 Å². The van der Waals surface area contributed by atoms with Crippen LogP contribution in [0.3, 0.4) is 0 Å². The van der Waals surface area contributed by atoms with E-state index in [4.69, 9.17) is 0 Å². The molecule has 1 fully saturated rings. The highest BCUT2D eigenvalue weighted by molar-refractivity contribution is 4.74.